The van der Waals surface area contributed by atoms with Gasteiger partial charge in [0, 0.05) is 29.5 Å². The van der Waals surface area contributed by atoms with Crippen LogP contribution in [0.2, 0.25) is 0 Å². The van der Waals surface area contributed by atoms with E-state index in [4.69, 9.17) is 0 Å². The third-order valence-corrected chi connectivity index (χ3v) is 4.85. The number of hydrogen-bond donors (Lipinski definition) is 0. The molecule has 0 spiro atoms. The number of halogens is 1. The number of sulfonamides is 1. The number of hydrogen-bond acceptors (Lipinski definition) is 3. The highest BCUT2D eigenvalue weighted by Crippen LogP contribution is 2.21. The summed E-state index contributed by atoms with van der Waals surface area (Å²) >= 11 is 3.25. The maximum absolute atomic E-state index is 12.5. The third kappa shape index (κ3) is 3.76. The predicted molar refractivity (Wildman–Crippen MR) is 75.8 cm³/mol. The summed E-state index contributed by atoms with van der Waals surface area (Å²) in [6, 6.07) is 1.51. The first kappa shape index (κ1) is 15.6. The number of pyridine rings is 1. The van der Waals surface area contributed by atoms with E-state index >= 15 is 0 Å². The highest BCUT2D eigenvalue weighted by atomic mass is 79.9. The van der Waals surface area contributed by atoms with E-state index in [9.17, 15) is 8.42 Å². The largest absolute Gasteiger partial charge is 0.262 e. The van der Waals surface area contributed by atoms with E-state index in [0.29, 0.717) is 11.0 Å². The minimum atomic E-state index is -3.48. The molecular weight excluding hydrogens is 316 g/mol. The van der Waals surface area contributed by atoms with Gasteiger partial charge in [-0.05, 0) is 41.8 Å². The highest BCUT2D eigenvalue weighted by Gasteiger charge is 2.27. The molecule has 1 rings (SSSR count). The van der Waals surface area contributed by atoms with Crippen LogP contribution in [0.4, 0.5) is 0 Å². The van der Waals surface area contributed by atoms with Crippen LogP contribution in [0.3, 0.4) is 0 Å². The maximum Gasteiger partial charge on any atom is 0.244 e. The first-order valence-corrected chi connectivity index (χ1v) is 8.11. The smallest absolute Gasteiger partial charge is 0.244 e. The summed E-state index contributed by atoms with van der Waals surface area (Å²) in [6.07, 6.45) is 2.96. The summed E-state index contributed by atoms with van der Waals surface area (Å²) in [6.45, 7) is 8.28. The zero-order valence-electron chi connectivity index (χ0n) is 11.1. The SMILES string of the molecule is CC(C)CN(C(C)C)S(=O)(=O)c1cncc(Br)c1. The van der Waals surface area contributed by atoms with Gasteiger partial charge in [0.15, 0.2) is 0 Å². The highest BCUT2D eigenvalue weighted by molar-refractivity contribution is 9.10. The second-order valence-electron chi connectivity index (χ2n) is 4.90. The Morgan fingerprint density at radius 2 is 1.89 bits per heavy atom. The molecule has 0 aliphatic heterocycles. The van der Waals surface area contributed by atoms with Crippen LogP contribution in [0, 0.1) is 5.92 Å². The van der Waals surface area contributed by atoms with Crippen LogP contribution in [-0.4, -0.2) is 30.3 Å². The molecular formula is C12H19BrN2O2S. The summed E-state index contributed by atoms with van der Waals surface area (Å²) in [5.41, 5.74) is 0. The van der Waals surface area contributed by atoms with Crippen molar-refractivity contribution >= 4 is 26.0 Å². The molecule has 18 heavy (non-hydrogen) atoms. The van der Waals surface area contributed by atoms with Crippen molar-refractivity contribution in [2.75, 3.05) is 6.54 Å². The van der Waals surface area contributed by atoms with Crippen LogP contribution in [0.5, 0.6) is 0 Å². The minimum Gasteiger partial charge on any atom is -0.262 e. The Hall–Kier alpha value is -0.460. The van der Waals surface area contributed by atoms with Gasteiger partial charge in [-0.2, -0.15) is 4.31 Å². The molecule has 1 aromatic heterocycles. The van der Waals surface area contributed by atoms with Crippen molar-refractivity contribution in [2.24, 2.45) is 5.92 Å². The molecule has 0 bridgehead atoms. The van der Waals surface area contributed by atoms with Crippen molar-refractivity contribution in [3.63, 3.8) is 0 Å². The van der Waals surface area contributed by atoms with Gasteiger partial charge < -0.3 is 0 Å². The van der Waals surface area contributed by atoms with E-state index in [2.05, 4.69) is 20.9 Å². The zero-order chi connectivity index (χ0) is 13.9. The van der Waals surface area contributed by atoms with E-state index in [1.807, 2.05) is 27.7 Å². The van der Waals surface area contributed by atoms with Crippen molar-refractivity contribution in [3.05, 3.63) is 22.9 Å². The van der Waals surface area contributed by atoms with E-state index < -0.39 is 10.0 Å². The predicted octanol–water partition coefficient (Wildman–Crippen LogP) is 2.90. The van der Waals surface area contributed by atoms with Crippen LogP contribution < -0.4 is 0 Å². The molecule has 1 aromatic rings. The lowest BCUT2D eigenvalue weighted by molar-refractivity contribution is 0.319. The zero-order valence-corrected chi connectivity index (χ0v) is 13.5. The Labute approximate surface area is 118 Å². The lowest BCUT2D eigenvalue weighted by Gasteiger charge is -2.27. The maximum atomic E-state index is 12.5. The van der Waals surface area contributed by atoms with Crippen molar-refractivity contribution < 1.29 is 8.42 Å². The topological polar surface area (TPSA) is 50.3 Å². The molecule has 1 heterocycles. The van der Waals surface area contributed by atoms with Gasteiger partial charge in [0.1, 0.15) is 4.90 Å². The lowest BCUT2D eigenvalue weighted by Crippen LogP contribution is -2.39. The van der Waals surface area contributed by atoms with E-state index in [1.165, 1.54) is 10.5 Å². The van der Waals surface area contributed by atoms with Crippen molar-refractivity contribution in [3.8, 4) is 0 Å². The first-order valence-electron chi connectivity index (χ1n) is 5.87. The molecule has 0 amide bonds. The molecule has 0 unspecified atom stereocenters. The monoisotopic (exact) mass is 334 g/mol. The van der Waals surface area contributed by atoms with Gasteiger partial charge in [0.2, 0.25) is 10.0 Å². The molecule has 0 aliphatic rings. The van der Waals surface area contributed by atoms with E-state index in [0.717, 1.165) is 0 Å². The van der Waals surface area contributed by atoms with E-state index in [1.54, 1.807) is 12.3 Å². The van der Waals surface area contributed by atoms with Crippen LogP contribution in [0.25, 0.3) is 0 Å². The molecule has 0 saturated carbocycles. The van der Waals surface area contributed by atoms with Gasteiger partial charge in [0.05, 0.1) is 0 Å². The number of aromatic nitrogens is 1. The van der Waals surface area contributed by atoms with Crippen LogP contribution in [-0.2, 0) is 10.0 Å². The average molecular weight is 335 g/mol. The first-order chi connectivity index (χ1) is 8.25. The number of nitrogens with zero attached hydrogens (tertiary/aromatic N) is 2. The molecule has 102 valence electrons. The molecule has 0 radical (unpaired) electrons. The standard InChI is InChI=1S/C12H19BrN2O2S/c1-9(2)8-15(10(3)4)18(16,17)12-5-11(13)6-14-7-12/h5-7,9-10H,8H2,1-4H3. The third-order valence-electron chi connectivity index (χ3n) is 2.41. The fourth-order valence-corrected chi connectivity index (χ4v) is 3.92. The van der Waals surface area contributed by atoms with E-state index in [-0.39, 0.29) is 16.9 Å². The van der Waals surface area contributed by atoms with Gasteiger partial charge >= 0.3 is 0 Å². The van der Waals surface area contributed by atoms with Crippen molar-refractivity contribution in [1.82, 2.24) is 9.29 Å². The molecule has 6 heteroatoms. The summed E-state index contributed by atoms with van der Waals surface area (Å²) in [5.74, 6) is 0.280. The van der Waals surface area contributed by atoms with Crippen LogP contribution >= 0.6 is 15.9 Å². The summed E-state index contributed by atoms with van der Waals surface area (Å²) in [5, 5.41) is 0. The molecule has 0 saturated heterocycles. The quantitative estimate of drug-likeness (QED) is 0.831. The fraction of sp³-hybridized carbons (Fsp3) is 0.583. The van der Waals surface area contributed by atoms with Crippen molar-refractivity contribution in [2.45, 2.75) is 38.6 Å². The van der Waals surface area contributed by atoms with Crippen molar-refractivity contribution in [1.29, 1.82) is 0 Å². The Bertz CT molecular complexity index is 501. The minimum absolute atomic E-state index is 0.0728. The Kier molecular flexibility index (Phi) is 5.31. The van der Waals surface area contributed by atoms with Gasteiger partial charge in [-0.15, -0.1) is 0 Å². The van der Waals surface area contributed by atoms with Crippen LogP contribution in [0.15, 0.2) is 27.8 Å². The Morgan fingerprint density at radius 3 is 2.33 bits per heavy atom. The van der Waals surface area contributed by atoms with Crippen LogP contribution in [0.1, 0.15) is 27.7 Å². The number of rotatable bonds is 5. The molecule has 0 fully saturated rings. The molecule has 0 N–H and O–H groups in total. The second kappa shape index (κ2) is 6.12. The second-order valence-corrected chi connectivity index (χ2v) is 7.71. The summed E-state index contributed by atoms with van der Waals surface area (Å²) < 4.78 is 27.2. The molecule has 4 nitrogen and oxygen atoms in total. The molecule has 0 atom stereocenters. The van der Waals surface area contributed by atoms with Gasteiger partial charge in [-0.1, -0.05) is 13.8 Å². The fourth-order valence-electron chi connectivity index (χ4n) is 1.62. The lowest BCUT2D eigenvalue weighted by atomic mass is 10.2. The summed E-state index contributed by atoms with van der Waals surface area (Å²) in [4.78, 5) is 4.15. The molecule has 0 aromatic carbocycles. The normalized spacial score (nSPS) is 12.7. The average Bonchev–Trinajstić information content (AvgIpc) is 2.25. The Balaban J connectivity index is 3.17. The molecule has 0 aliphatic carbocycles. The van der Waals surface area contributed by atoms with Gasteiger partial charge in [-0.3, -0.25) is 4.98 Å². The Morgan fingerprint density at radius 1 is 1.28 bits per heavy atom. The van der Waals surface area contributed by atoms with Gasteiger partial charge in [-0.25, -0.2) is 8.42 Å². The summed E-state index contributed by atoms with van der Waals surface area (Å²) in [7, 11) is -3.48. The van der Waals surface area contributed by atoms with Gasteiger partial charge in [0.25, 0.3) is 0 Å².